The van der Waals surface area contributed by atoms with Gasteiger partial charge in [-0.05, 0) is 30.1 Å². The predicted octanol–water partition coefficient (Wildman–Crippen LogP) is 1.47. The lowest BCUT2D eigenvalue weighted by atomic mass is 10.2. The highest BCUT2D eigenvalue weighted by Gasteiger charge is 2.06. The lowest BCUT2D eigenvalue weighted by molar-refractivity contribution is 0.723. The first kappa shape index (κ1) is 8.59. The standard InChI is InChI=1S/C9H11N3S/c1-7-4-8(5-10-7)2-3-9-11-6-13-12-9/h2-4,6-7,10H,5H2,1H3/b3-2+/t7-/m1/s1. The van der Waals surface area contributed by atoms with Crippen LogP contribution in [0.25, 0.3) is 6.08 Å². The van der Waals surface area contributed by atoms with Crippen LogP contribution in [0.4, 0.5) is 0 Å². The molecule has 1 aromatic heterocycles. The molecule has 3 nitrogen and oxygen atoms in total. The second kappa shape index (κ2) is 3.81. The van der Waals surface area contributed by atoms with Gasteiger partial charge in [-0.2, -0.15) is 4.37 Å². The molecule has 0 unspecified atom stereocenters. The maximum Gasteiger partial charge on any atom is 0.165 e. The Balaban J connectivity index is 2.02. The fourth-order valence-electron chi connectivity index (χ4n) is 1.27. The van der Waals surface area contributed by atoms with Crippen LogP contribution in [0.3, 0.4) is 0 Å². The van der Waals surface area contributed by atoms with Crippen LogP contribution in [0.15, 0.2) is 23.2 Å². The number of hydrogen-bond acceptors (Lipinski definition) is 4. The minimum absolute atomic E-state index is 0.489. The third kappa shape index (κ3) is 2.23. The molecule has 0 radical (unpaired) electrons. The molecular formula is C9H11N3S. The summed E-state index contributed by atoms with van der Waals surface area (Å²) in [6.45, 7) is 3.09. The summed E-state index contributed by atoms with van der Waals surface area (Å²) in [7, 11) is 0. The van der Waals surface area contributed by atoms with Gasteiger partial charge in [-0.25, -0.2) is 4.98 Å². The zero-order chi connectivity index (χ0) is 9.10. The molecule has 2 heterocycles. The van der Waals surface area contributed by atoms with E-state index in [1.165, 1.54) is 17.1 Å². The van der Waals surface area contributed by atoms with Crippen LogP contribution in [0.2, 0.25) is 0 Å². The van der Waals surface area contributed by atoms with Gasteiger partial charge in [0.2, 0.25) is 0 Å². The first-order chi connectivity index (χ1) is 6.34. The van der Waals surface area contributed by atoms with Crippen molar-refractivity contribution < 1.29 is 0 Å². The SMILES string of the molecule is C[C@@H]1C=C(/C=C/c2ncsn2)CN1. The molecule has 0 amide bonds. The van der Waals surface area contributed by atoms with Crippen molar-refractivity contribution in [1.82, 2.24) is 14.7 Å². The first-order valence-corrected chi connectivity index (χ1v) is 5.07. The molecule has 0 saturated carbocycles. The Kier molecular flexibility index (Phi) is 2.52. The average molecular weight is 193 g/mol. The van der Waals surface area contributed by atoms with Crippen LogP contribution in [-0.4, -0.2) is 21.9 Å². The topological polar surface area (TPSA) is 37.8 Å². The average Bonchev–Trinajstić information content (AvgIpc) is 2.71. The molecule has 0 aliphatic carbocycles. The molecule has 1 N–H and O–H groups in total. The summed E-state index contributed by atoms with van der Waals surface area (Å²) in [4.78, 5) is 4.07. The van der Waals surface area contributed by atoms with Gasteiger partial charge in [-0.1, -0.05) is 12.2 Å². The molecule has 0 bridgehead atoms. The van der Waals surface area contributed by atoms with Crippen molar-refractivity contribution in [1.29, 1.82) is 0 Å². The fourth-order valence-corrected chi connectivity index (χ4v) is 1.68. The van der Waals surface area contributed by atoms with E-state index >= 15 is 0 Å². The van der Waals surface area contributed by atoms with Gasteiger partial charge in [0, 0.05) is 12.6 Å². The monoisotopic (exact) mass is 193 g/mol. The molecule has 2 rings (SSSR count). The number of hydrogen-bond donors (Lipinski definition) is 1. The molecule has 1 aliphatic heterocycles. The Morgan fingerprint density at radius 1 is 1.62 bits per heavy atom. The van der Waals surface area contributed by atoms with E-state index in [1.807, 2.05) is 6.08 Å². The van der Waals surface area contributed by atoms with Crippen LogP contribution in [0.5, 0.6) is 0 Å². The van der Waals surface area contributed by atoms with E-state index in [4.69, 9.17) is 0 Å². The normalized spacial score (nSPS) is 22.5. The Bertz CT molecular complexity index is 327. The maximum absolute atomic E-state index is 4.09. The van der Waals surface area contributed by atoms with Crippen molar-refractivity contribution in [2.24, 2.45) is 0 Å². The summed E-state index contributed by atoms with van der Waals surface area (Å²) in [5.41, 5.74) is 3.05. The summed E-state index contributed by atoms with van der Waals surface area (Å²) in [5, 5.41) is 3.32. The number of rotatable bonds is 2. The third-order valence-corrected chi connectivity index (χ3v) is 2.41. The summed E-state index contributed by atoms with van der Waals surface area (Å²) in [5.74, 6) is 0.797. The number of aromatic nitrogens is 2. The van der Waals surface area contributed by atoms with Crippen molar-refractivity contribution >= 4 is 17.6 Å². The highest BCUT2D eigenvalue weighted by Crippen LogP contribution is 2.08. The van der Waals surface area contributed by atoms with Crippen molar-refractivity contribution in [2.45, 2.75) is 13.0 Å². The molecule has 0 aromatic carbocycles. The molecular weight excluding hydrogens is 182 g/mol. The van der Waals surface area contributed by atoms with E-state index in [1.54, 1.807) is 5.51 Å². The molecule has 68 valence electrons. The van der Waals surface area contributed by atoms with Crippen molar-refractivity contribution in [3.63, 3.8) is 0 Å². The highest BCUT2D eigenvalue weighted by atomic mass is 32.1. The van der Waals surface area contributed by atoms with E-state index in [-0.39, 0.29) is 0 Å². The molecule has 1 atom stereocenters. The quantitative estimate of drug-likeness (QED) is 0.773. The van der Waals surface area contributed by atoms with E-state index in [9.17, 15) is 0 Å². The summed E-state index contributed by atoms with van der Waals surface area (Å²) < 4.78 is 4.09. The Morgan fingerprint density at radius 3 is 3.15 bits per heavy atom. The van der Waals surface area contributed by atoms with Gasteiger partial charge in [0.05, 0.1) is 0 Å². The lowest BCUT2D eigenvalue weighted by Gasteiger charge is -1.94. The lowest BCUT2D eigenvalue weighted by Crippen LogP contribution is -2.17. The van der Waals surface area contributed by atoms with E-state index in [0.717, 1.165) is 12.4 Å². The van der Waals surface area contributed by atoms with Crippen molar-refractivity contribution in [3.8, 4) is 0 Å². The molecule has 0 spiro atoms. The van der Waals surface area contributed by atoms with Crippen LogP contribution in [0.1, 0.15) is 12.7 Å². The van der Waals surface area contributed by atoms with Gasteiger partial charge in [0.25, 0.3) is 0 Å². The highest BCUT2D eigenvalue weighted by molar-refractivity contribution is 7.03. The second-order valence-electron chi connectivity index (χ2n) is 3.03. The van der Waals surface area contributed by atoms with Crippen LogP contribution >= 0.6 is 11.5 Å². The minimum Gasteiger partial charge on any atom is -0.307 e. The van der Waals surface area contributed by atoms with E-state index in [2.05, 4.69) is 33.8 Å². The fraction of sp³-hybridized carbons (Fsp3) is 0.333. The van der Waals surface area contributed by atoms with Crippen LogP contribution in [-0.2, 0) is 0 Å². The van der Waals surface area contributed by atoms with Crippen LogP contribution < -0.4 is 5.32 Å². The Morgan fingerprint density at radius 2 is 2.54 bits per heavy atom. The summed E-state index contributed by atoms with van der Waals surface area (Å²) >= 11 is 1.38. The van der Waals surface area contributed by atoms with Gasteiger partial charge in [-0.3, -0.25) is 0 Å². The molecule has 1 aromatic rings. The van der Waals surface area contributed by atoms with E-state index in [0.29, 0.717) is 6.04 Å². The molecule has 4 heteroatoms. The van der Waals surface area contributed by atoms with Gasteiger partial charge in [0.1, 0.15) is 5.51 Å². The molecule has 0 fully saturated rings. The zero-order valence-electron chi connectivity index (χ0n) is 7.40. The van der Waals surface area contributed by atoms with Gasteiger partial charge in [0.15, 0.2) is 5.82 Å². The Hall–Kier alpha value is -1.00. The maximum atomic E-state index is 4.09. The van der Waals surface area contributed by atoms with Gasteiger partial charge in [-0.15, -0.1) is 0 Å². The zero-order valence-corrected chi connectivity index (χ0v) is 8.21. The number of nitrogens with zero attached hydrogens (tertiary/aromatic N) is 2. The van der Waals surface area contributed by atoms with Gasteiger partial charge >= 0.3 is 0 Å². The van der Waals surface area contributed by atoms with Gasteiger partial charge < -0.3 is 5.32 Å². The number of nitrogens with one attached hydrogen (secondary N) is 1. The first-order valence-electron chi connectivity index (χ1n) is 4.23. The third-order valence-electron chi connectivity index (χ3n) is 1.92. The summed E-state index contributed by atoms with van der Waals surface area (Å²) in [6, 6.07) is 0.489. The summed E-state index contributed by atoms with van der Waals surface area (Å²) in [6.07, 6.45) is 6.23. The molecule has 13 heavy (non-hydrogen) atoms. The van der Waals surface area contributed by atoms with E-state index < -0.39 is 0 Å². The largest absolute Gasteiger partial charge is 0.307 e. The minimum atomic E-state index is 0.489. The van der Waals surface area contributed by atoms with Crippen molar-refractivity contribution in [3.05, 3.63) is 29.1 Å². The molecule has 1 aliphatic rings. The van der Waals surface area contributed by atoms with Crippen LogP contribution in [0, 0.1) is 0 Å². The Labute approximate surface area is 81.4 Å². The molecule has 0 saturated heterocycles. The van der Waals surface area contributed by atoms with Crippen molar-refractivity contribution in [2.75, 3.05) is 6.54 Å². The smallest absolute Gasteiger partial charge is 0.165 e. The second-order valence-corrected chi connectivity index (χ2v) is 3.64. The predicted molar refractivity (Wildman–Crippen MR) is 54.5 cm³/mol.